The molecule has 2 heterocycles. The minimum absolute atomic E-state index is 0.000847. The van der Waals surface area contributed by atoms with Gasteiger partial charge in [0, 0.05) is 12.7 Å². The van der Waals surface area contributed by atoms with Gasteiger partial charge in [0.25, 0.3) is 0 Å². The molecular formula is C34H36N2O12. The smallest absolute Gasteiger partial charge is 0.407 e. The molecule has 0 spiro atoms. The maximum Gasteiger partial charge on any atom is 0.407 e. The van der Waals surface area contributed by atoms with Crippen LogP contribution in [0.25, 0.3) is 0 Å². The molecule has 0 saturated carbocycles. The van der Waals surface area contributed by atoms with Gasteiger partial charge in [-0.15, -0.1) is 0 Å². The highest BCUT2D eigenvalue weighted by Crippen LogP contribution is 2.36. The molecule has 2 N–H and O–H groups in total. The first kappa shape index (κ1) is 34.3. The lowest BCUT2D eigenvalue weighted by Crippen LogP contribution is -2.64. The van der Waals surface area contributed by atoms with E-state index in [1.165, 1.54) is 7.11 Å². The molecule has 0 aromatic heterocycles. The van der Waals surface area contributed by atoms with Crippen LogP contribution in [0.4, 0.5) is 9.59 Å². The molecule has 0 radical (unpaired) electrons. The fraction of sp³-hybridized carbons (Fsp3) is 0.353. The highest BCUT2D eigenvalue weighted by Gasteiger charge is 2.54. The minimum atomic E-state index is -1.34. The summed E-state index contributed by atoms with van der Waals surface area (Å²) in [6.45, 7) is -1.09. The largest absolute Gasteiger partial charge is 0.454 e. The Morgan fingerprint density at radius 3 is 1.71 bits per heavy atom. The number of ether oxygens (including phenoxy) is 8. The number of methoxy groups -OCH3 is 1. The van der Waals surface area contributed by atoms with Crippen LogP contribution in [-0.4, -0.2) is 81.6 Å². The predicted octanol–water partition coefficient (Wildman–Crippen LogP) is 3.15. The number of nitrogens with one attached hydrogen (secondary N) is 2. The topological polar surface area (TPSA) is 166 Å². The molecule has 2 amide bonds. The third-order valence-electron chi connectivity index (χ3n) is 7.30. The van der Waals surface area contributed by atoms with Crippen LogP contribution in [0.1, 0.15) is 23.0 Å². The maximum absolute atomic E-state index is 13.1. The SMILES string of the molecule is CO[C@@H]1O[C@H]2CO[C@H](c3ccccc3)O[C@H]2[C@@H](OC(=O)CNC(=O)OCc2ccccc2)[C@@H]1OC(=O)CNC(=O)OCc1ccccc1. The number of carbonyl (C=O) groups is 4. The van der Waals surface area contributed by atoms with E-state index >= 15 is 0 Å². The van der Waals surface area contributed by atoms with E-state index in [2.05, 4.69) is 10.6 Å². The number of rotatable bonds is 12. The van der Waals surface area contributed by atoms with Gasteiger partial charge in [0.15, 0.2) is 24.8 Å². The zero-order valence-electron chi connectivity index (χ0n) is 26.1. The number of esters is 2. The van der Waals surface area contributed by atoms with Crippen molar-refractivity contribution >= 4 is 24.1 Å². The third-order valence-corrected chi connectivity index (χ3v) is 7.30. The van der Waals surface area contributed by atoms with Crippen molar-refractivity contribution in [3.63, 3.8) is 0 Å². The van der Waals surface area contributed by atoms with Crippen molar-refractivity contribution in [2.24, 2.45) is 0 Å². The van der Waals surface area contributed by atoms with Gasteiger partial charge in [-0.05, 0) is 11.1 Å². The maximum atomic E-state index is 13.1. The highest BCUT2D eigenvalue weighted by atomic mass is 16.8. The Kier molecular flexibility index (Phi) is 12.3. The van der Waals surface area contributed by atoms with Gasteiger partial charge in [0.1, 0.15) is 38.5 Å². The predicted molar refractivity (Wildman–Crippen MR) is 165 cm³/mol. The van der Waals surface area contributed by atoms with Gasteiger partial charge in [0.05, 0.1) is 6.61 Å². The van der Waals surface area contributed by atoms with Crippen molar-refractivity contribution in [1.29, 1.82) is 0 Å². The Morgan fingerprint density at radius 2 is 1.19 bits per heavy atom. The molecule has 3 aromatic carbocycles. The molecule has 14 nitrogen and oxygen atoms in total. The molecule has 2 saturated heterocycles. The number of amides is 2. The Bertz CT molecular complexity index is 1490. The first-order chi connectivity index (χ1) is 23.4. The third kappa shape index (κ3) is 9.75. The number of fused-ring (bicyclic) bond motifs is 1. The first-order valence-electron chi connectivity index (χ1n) is 15.2. The number of hydrogen-bond acceptors (Lipinski definition) is 12. The molecular weight excluding hydrogens is 628 g/mol. The van der Waals surface area contributed by atoms with E-state index in [0.29, 0.717) is 5.56 Å². The minimum Gasteiger partial charge on any atom is -0.454 e. The number of carbonyl (C=O) groups excluding carboxylic acids is 4. The molecule has 3 aromatic rings. The quantitative estimate of drug-likeness (QED) is 0.215. The van der Waals surface area contributed by atoms with Crippen LogP contribution in [-0.2, 0) is 60.7 Å². The van der Waals surface area contributed by atoms with Gasteiger partial charge in [-0.25, -0.2) is 9.59 Å². The molecule has 6 atom stereocenters. The Balaban J connectivity index is 1.23. The Labute approximate surface area is 276 Å². The molecule has 2 fully saturated rings. The fourth-order valence-electron chi connectivity index (χ4n) is 5.00. The summed E-state index contributed by atoms with van der Waals surface area (Å²) < 4.78 is 45.3. The summed E-state index contributed by atoms with van der Waals surface area (Å²) in [4.78, 5) is 50.5. The van der Waals surface area contributed by atoms with Crippen LogP contribution in [0, 0.1) is 0 Å². The zero-order chi connectivity index (χ0) is 33.7. The normalized spacial score (nSPS) is 23.1. The molecule has 2 aliphatic rings. The van der Waals surface area contributed by atoms with E-state index in [9.17, 15) is 19.2 Å². The number of benzene rings is 3. The van der Waals surface area contributed by atoms with E-state index in [1.54, 1.807) is 60.7 Å². The second-order valence-electron chi connectivity index (χ2n) is 10.7. The summed E-state index contributed by atoms with van der Waals surface area (Å²) in [7, 11) is 1.32. The van der Waals surface area contributed by atoms with Gasteiger partial charge in [-0.1, -0.05) is 91.0 Å². The summed E-state index contributed by atoms with van der Waals surface area (Å²) in [6.07, 6.45) is -8.10. The summed E-state index contributed by atoms with van der Waals surface area (Å²) >= 11 is 0. The lowest BCUT2D eigenvalue weighted by molar-refractivity contribution is -0.359. The number of alkyl carbamates (subject to hydrolysis) is 2. The van der Waals surface area contributed by atoms with Crippen LogP contribution in [0.3, 0.4) is 0 Å². The second kappa shape index (κ2) is 17.2. The van der Waals surface area contributed by atoms with Crippen molar-refractivity contribution in [2.45, 2.75) is 50.2 Å². The molecule has 254 valence electrons. The average molecular weight is 665 g/mol. The highest BCUT2D eigenvalue weighted by molar-refractivity contribution is 5.79. The van der Waals surface area contributed by atoms with Gasteiger partial charge < -0.3 is 48.5 Å². The molecule has 14 heteroatoms. The summed E-state index contributed by atoms with van der Waals surface area (Å²) in [5.74, 6) is -1.77. The molecule has 0 unspecified atom stereocenters. The van der Waals surface area contributed by atoms with Crippen molar-refractivity contribution in [3.8, 4) is 0 Å². The van der Waals surface area contributed by atoms with Crippen molar-refractivity contribution in [1.82, 2.24) is 10.6 Å². The summed E-state index contributed by atoms with van der Waals surface area (Å²) in [5, 5.41) is 4.69. The van der Waals surface area contributed by atoms with E-state index in [4.69, 9.17) is 37.9 Å². The van der Waals surface area contributed by atoms with E-state index in [0.717, 1.165) is 11.1 Å². The number of hydrogen-bond donors (Lipinski definition) is 2. The lowest BCUT2D eigenvalue weighted by atomic mass is 9.97. The fourth-order valence-corrected chi connectivity index (χ4v) is 5.00. The van der Waals surface area contributed by atoms with Crippen molar-refractivity contribution in [2.75, 3.05) is 26.8 Å². The van der Waals surface area contributed by atoms with Crippen LogP contribution in [0.15, 0.2) is 91.0 Å². The molecule has 0 bridgehead atoms. The van der Waals surface area contributed by atoms with E-state index < -0.39 is 74.2 Å². The van der Waals surface area contributed by atoms with Crippen LogP contribution >= 0.6 is 0 Å². The lowest BCUT2D eigenvalue weighted by Gasteiger charge is -2.47. The monoisotopic (exact) mass is 664 g/mol. The Morgan fingerprint density at radius 1 is 0.688 bits per heavy atom. The van der Waals surface area contributed by atoms with Gasteiger partial charge >= 0.3 is 24.1 Å². The first-order valence-corrected chi connectivity index (χ1v) is 15.2. The van der Waals surface area contributed by atoms with E-state index in [-0.39, 0.29) is 19.8 Å². The molecule has 5 rings (SSSR count). The van der Waals surface area contributed by atoms with E-state index in [1.807, 2.05) is 30.3 Å². The average Bonchev–Trinajstić information content (AvgIpc) is 3.13. The zero-order valence-corrected chi connectivity index (χ0v) is 26.1. The van der Waals surface area contributed by atoms with Gasteiger partial charge in [-0.2, -0.15) is 0 Å². The van der Waals surface area contributed by atoms with Crippen LogP contribution in [0.5, 0.6) is 0 Å². The Hall–Kier alpha value is -5.02. The van der Waals surface area contributed by atoms with Crippen molar-refractivity contribution < 1.29 is 57.1 Å². The molecule has 0 aliphatic carbocycles. The van der Waals surface area contributed by atoms with Gasteiger partial charge in [-0.3, -0.25) is 9.59 Å². The molecule has 2 aliphatic heterocycles. The van der Waals surface area contributed by atoms with Crippen LogP contribution in [0.2, 0.25) is 0 Å². The second-order valence-corrected chi connectivity index (χ2v) is 10.7. The van der Waals surface area contributed by atoms with Crippen LogP contribution < -0.4 is 10.6 Å². The molecule has 48 heavy (non-hydrogen) atoms. The van der Waals surface area contributed by atoms with Gasteiger partial charge in [0.2, 0.25) is 0 Å². The standard InChI is InChI=1S/C34H36N2O12/c1-41-32-30(47-27(38)18-36-34(40)44-20-23-13-7-3-8-14-23)29(28-25(45-32)21-42-31(48-28)24-15-9-4-10-16-24)46-26(37)17-35-33(39)43-19-22-11-5-2-6-12-22/h2-16,25,28-32H,17-21H2,1H3,(H,35,39)(H,36,40)/t25-,28+,29+,30-,31-,32+/m0/s1. The summed E-state index contributed by atoms with van der Waals surface area (Å²) in [6, 6.07) is 27.1. The summed E-state index contributed by atoms with van der Waals surface area (Å²) in [5.41, 5.74) is 2.23. The van der Waals surface area contributed by atoms with Crippen molar-refractivity contribution in [3.05, 3.63) is 108 Å².